The number of imidazole rings is 1. The summed E-state index contributed by atoms with van der Waals surface area (Å²) >= 11 is 0. The standard InChI is InChI=1S/C14H11N3O3/c15-10-5-2-6-17-12(10)11(14(19)20)16-13(17)8-3-1-4-9(18)7-8/h1-7,18H,15H2,(H,19,20). The van der Waals surface area contributed by atoms with Crippen molar-refractivity contribution in [3.63, 3.8) is 0 Å². The molecule has 0 fully saturated rings. The minimum Gasteiger partial charge on any atom is -0.508 e. The minimum atomic E-state index is -1.15. The van der Waals surface area contributed by atoms with Crippen molar-refractivity contribution in [3.05, 3.63) is 48.3 Å². The van der Waals surface area contributed by atoms with Gasteiger partial charge in [0, 0.05) is 11.8 Å². The number of hydrogen-bond acceptors (Lipinski definition) is 4. The van der Waals surface area contributed by atoms with Crippen molar-refractivity contribution in [2.75, 3.05) is 5.73 Å². The van der Waals surface area contributed by atoms with Crippen LogP contribution in [0.1, 0.15) is 10.5 Å². The molecule has 20 heavy (non-hydrogen) atoms. The number of carbonyl (C=O) groups is 1. The van der Waals surface area contributed by atoms with Crippen LogP contribution in [0.3, 0.4) is 0 Å². The van der Waals surface area contributed by atoms with Gasteiger partial charge >= 0.3 is 5.97 Å². The number of rotatable bonds is 2. The Hall–Kier alpha value is -3.02. The summed E-state index contributed by atoms with van der Waals surface area (Å²) in [5, 5.41) is 18.8. The number of aromatic hydroxyl groups is 1. The molecular weight excluding hydrogens is 258 g/mol. The van der Waals surface area contributed by atoms with E-state index in [4.69, 9.17) is 5.73 Å². The lowest BCUT2D eigenvalue weighted by molar-refractivity contribution is 0.0693. The van der Waals surface area contributed by atoms with Gasteiger partial charge in [0.15, 0.2) is 5.69 Å². The Kier molecular flexibility index (Phi) is 2.57. The molecule has 0 saturated heterocycles. The van der Waals surface area contributed by atoms with Crippen LogP contribution in [-0.2, 0) is 0 Å². The highest BCUT2D eigenvalue weighted by molar-refractivity contribution is 5.98. The monoisotopic (exact) mass is 269 g/mol. The van der Waals surface area contributed by atoms with Gasteiger partial charge in [-0.15, -0.1) is 0 Å². The molecule has 2 heterocycles. The summed E-state index contributed by atoms with van der Waals surface area (Å²) in [7, 11) is 0. The summed E-state index contributed by atoms with van der Waals surface area (Å²) in [6, 6.07) is 9.79. The Morgan fingerprint density at radius 1 is 1.25 bits per heavy atom. The van der Waals surface area contributed by atoms with Crippen LogP contribution in [0.15, 0.2) is 42.6 Å². The average Bonchev–Trinajstić information content (AvgIpc) is 2.80. The number of phenolic OH excluding ortho intramolecular Hbond substituents is 1. The van der Waals surface area contributed by atoms with Crippen molar-refractivity contribution in [2.24, 2.45) is 0 Å². The van der Waals surface area contributed by atoms with Gasteiger partial charge in [-0.1, -0.05) is 12.1 Å². The molecule has 100 valence electrons. The van der Waals surface area contributed by atoms with E-state index in [0.29, 0.717) is 22.6 Å². The second-order valence-electron chi connectivity index (χ2n) is 4.32. The second kappa shape index (κ2) is 4.27. The molecule has 0 spiro atoms. The molecule has 0 bridgehead atoms. The molecule has 0 saturated carbocycles. The molecule has 0 amide bonds. The lowest BCUT2D eigenvalue weighted by Gasteiger charge is -2.03. The third-order valence-corrected chi connectivity index (χ3v) is 3.00. The van der Waals surface area contributed by atoms with Crippen LogP contribution in [0.25, 0.3) is 16.9 Å². The molecule has 0 aliphatic rings. The van der Waals surface area contributed by atoms with Gasteiger partial charge in [0.2, 0.25) is 0 Å². The van der Waals surface area contributed by atoms with Crippen LogP contribution < -0.4 is 5.73 Å². The zero-order valence-corrected chi connectivity index (χ0v) is 10.3. The molecule has 0 aliphatic heterocycles. The van der Waals surface area contributed by atoms with E-state index in [-0.39, 0.29) is 11.4 Å². The van der Waals surface area contributed by atoms with Crippen molar-refractivity contribution in [2.45, 2.75) is 0 Å². The first kappa shape index (κ1) is 12.0. The summed E-state index contributed by atoms with van der Waals surface area (Å²) in [6.07, 6.45) is 1.69. The molecular formula is C14H11N3O3. The van der Waals surface area contributed by atoms with E-state index >= 15 is 0 Å². The lowest BCUT2D eigenvalue weighted by Crippen LogP contribution is -2.00. The number of anilines is 1. The first-order chi connectivity index (χ1) is 9.58. The van der Waals surface area contributed by atoms with Crippen LogP contribution in [0.2, 0.25) is 0 Å². The number of benzene rings is 1. The number of nitrogens with two attached hydrogens (primary N) is 1. The number of hydrogen-bond donors (Lipinski definition) is 3. The molecule has 1 aromatic carbocycles. The maximum Gasteiger partial charge on any atom is 0.356 e. The summed E-state index contributed by atoms with van der Waals surface area (Å²) in [4.78, 5) is 15.4. The molecule has 0 aliphatic carbocycles. The number of nitrogens with zero attached hydrogens (tertiary/aromatic N) is 2. The quantitative estimate of drug-likeness (QED) is 0.660. The van der Waals surface area contributed by atoms with Gasteiger partial charge in [0.05, 0.1) is 5.69 Å². The Labute approximate surface area is 113 Å². The molecule has 0 atom stereocenters. The first-order valence-corrected chi connectivity index (χ1v) is 5.87. The van der Waals surface area contributed by atoms with Gasteiger partial charge in [-0.05, 0) is 24.3 Å². The maximum atomic E-state index is 11.3. The van der Waals surface area contributed by atoms with E-state index in [1.165, 1.54) is 12.1 Å². The Bertz CT molecular complexity index is 824. The van der Waals surface area contributed by atoms with E-state index in [0.717, 1.165) is 0 Å². The van der Waals surface area contributed by atoms with Crippen molar-refractivity contribution in [1.29, 1.82) is 0 Å². The van der Waals surface area contributed by atoms with E-state index in [9.17, 15) is 15.0 Å². The highest BCUT2D eigenvalue weighted by Crippen LogP contribution is 2.28. The summed E-state index contributed by atoms with van der Waals surface area (Å²) < 4.78 is 1.60. The summed E-state index contributed by atoms with van der Waals surface area (Å²) in [5.74, 6) is -0.646. The lowest BCUT2D eigenvalue weighted by atomic mass is 10.2. The summed E-state index contributed by atoms with van der Waals surface area (Å²) in [5.41, 5.74) is 7.02. The number of carboxylic acids is 1. The number of aromatic carboxylic acids is 1. The molecule has 3 rings (SSSR count). The van der Waals surface area contributed by atoms with Gasteiger partial charge in [0.1, 0.15) is 17.1 Å². The molecule has 3 aromatic rings. The Morgan fingerprint density at radius 3 is 2.75 bits per heavy atom. The zero-order valence-electron chi connectivity index (χ0n) is 10.3. The highest BCUT2D eigenvalue weighted by Gasteiger charge is 2.19. The normalized spacial score (nSPS) is 10.8. The topological polar surface area (TPSA) is 101 Å². The SMILES string of the molecule is Nc1cccn2c(-c3cccc(O)c3)nc(C(=O)O)c12. The van der Waals surface area contributed by atoms with E-state index in [1.54, 1.807) is 34.9 Å². The number of fused-ring (bicyclic) bond motifs is 1. The number of aromatic nitrogens is 2. The fourth-order valence-electron chi connectivity index (χ4n) is 2.16. The average molecular weight is 269 g/mol. The molecule has 6 nitrogen and oxygen atoms in total. The fourth-order valence-corrected chi connectivity index (χ4v) is 2.16. The third kappa shape index (κ3) is 1.74. The van der Waals surface area contributed by atoms with Gasteiger partial charge in [-0.3, -0.25) is 4.40 Å². The van der Waals surface area contributed by atoms with Gasteiger partial charge < -0.3 is 15.9 Å². The van der Waals surface area contributed by atoms with Gasteiger partial charge in [-0.2, -0.15) is 0 Å². The number of carboxylic acid groups (broad SMARTS) is 1. The Morgan fingerprint density at radius 2 is 2.05 bits per heavy atom. The van der Waals surface area contributed by atoms with Crippen LogP contribution in [-0.4, -0.2) is 25.6 Å². The van der Waals surface area contributed by atoms with Crippen LogP contribution >= 0.6 is 0 Å². The Balaban J connectivity index is 2.38. The molecule has 6 heteroatoms. The molecule has 0 radical (unpaired) electrons. The molecule has 0 unspecified atom stereocenters. The van der Waals surface area contributed by atoms with Crippen molar-refractivity contribution in [3.8, 4) is 17.1 Å². The maximum absolute atomic E-state index is 11.3. The van der Waals surface area contributed by atoms with Crippen LogP contribution in [0.5, 0.6) is 5.75 Å². The molecule has 4 N–H and O–H groups in total. The second-order valence-corrected chi connectivity index (χ2v) is 4.32. The van der Waals surface area contributed by atoms with E-state index in [1.807, 2.05) is 0 Å². The van der Waals surface area contributed by atoms with Crippen molar-refractivity contribution in [1.82, 2.24) is 9.38 Å². The summed E-state index contributed by atoms with van der Waals surface area (Å²) in [6.45, 7) is 0. The van der Waals surface area contributed by atoms with E-state index in [2.05, 4.69) is 4.98 Å². The van der Waals surface area contributed by atoms with Crippen molar-refractivity contribution >= 4 is 17.2 Å². The minimum absolute atomic E-state index is 0.0834. The van der Waals surface area contributed by atoms with Crippen LogP contribution in [0.4, 0.5) is 5.69 Å². The predicted octanol–water partition coefficient (Wildman–Crippen LogP) is 1.99. The van der Waals surface area contributed by atoms with Crippen molar-refractivity contribution < 1.29 is 15.0 Å². The molecule has 2 aromatic heterocycles. The van der Waals surface area contributed by atoms with Crippen LogP contribution in [0, 0.1) is 0 Å². The predicted molar refractivity (Wildman–Crippen MR) is 73.7 cm³/mol. The van der Waals surface area contributed by atoms with Gasteiger partial charge in [-0.25, -0.2) is 9.78 Å². The smallest absolute Gasteiger partial charge is 0.356 e. The largest absolute Gasteiger partial charge is 0.508 e. The first-order valence-electron chi connectivity index (χ1n) is 5.87. The van der Waals surface area contributed by atoms with Gasteiger partial charge in [0.25, 0.3) is 0 Å². The zero-order chi connectivity index (χ0) is 14.3. The van der Waals surface area contributed by atoms with E-state index < -0.39 is 5.97 Å². The fraction of sp³-hybridized carbons (Fsp3) is 0. The number of nitrogen functional groups attached to an aromatic ring is 1. The number of phenols is 1. The highest BCUT2D eigenvalue weighted by atomic mass is 16.4. The third-order valence-electron chi connectivity index (χ3n) is 3.00. The number of pyridine rings is 1.